The number of methoxy groups -OCH3 is 1. The highest BCUT2D eigenvalue weighted by molar-refractivity contribution is 5.79. The van der Waals surface area contributed by atoms with Crippen LogP contribution in [-0.2, 0) is 17.8 Å². The number of aryl methyl sites for hydroxylation is 1. The fraction of sp³-hybridized carbons (Fsp3) is 0.273. The first-order valence-corrected chi connectivity index (χ1v) is 9.17. The molecule has 0 atom stereocenters. The minimum Gasteiger partial charge on any atom is -0.497 e. The van der Waals surface area contributed by atoms with E-state index in [1.807, 2.05) is 24.3 Å². The van der Waals surface area contributed by atoms with E-state index in [2.05, 4.69) is 5.10 Å². The van der Waals surface area contributed by atoms with Crippen LogP contribution in [0.4, 0.5) is 8.78 Å². The standard InChI is InChI=1S/C22H23F2N3O2/c1-14-19(15(2)27(25-14)21-10-7-17(23)11-20(21)24)12-22(28)26(3)13-16-5-8-18(29-4)9-6-16/h5-11H,12-13H2,1-4H3. The first kappa shape index (κ1) is 20.5. The molecule has 0 aliphatic heterocycles. The topological polar surface area (TPSA) is 47.4 Å². The minimum atomic E-state index is -0.704. The number of carbonyl (C=O) groups excluding carboxylic acids is 1. The summed E-state index contributed by atoms with van der Waals surface area (Å²) >= 11 is 0. The van der Waals surface area contributed by atoms with Crippen LogP contribution in [-0.4, -0.2) is 34.7 Å². The lowest BCUT2D eigenvalue weighted by Gasteiger charge is -2.18. The molecule has 0 spiro atoms. The number of amides is 1. The van der Waals surface area contributed by atoms with Crippen LogP contribution < -0.4 is 4.74 Å². The molecule has 1 amide bonds. The summed E-state index contributed by atoms with van der Waals surface area (Å²) in [6.07, 6.45) is 0.146. The number of aromatic nitrogens is 2. The van der Waals surface area contributed by atoms with E-state index < -0.39 is 11.6 Å². The minimum absolute atomic E-state index is 0.0776. The van der Waals surface area contributed by atoms with Crippen LogP contribution in [0.5, 0.6) is 5.75 Å². The Labute approximate surface area is 168 Å². The number of halogens is 2. The van der Waals surface area contributed by atoms with Gasteiger partial charge in [-0.25, -0.2) is 13.5 Å². The van der Waals surface area contributed by atoms with Crippen LogP contribution >= 0.6 is 0 Å². The number of nitrogens with zero attached hydrogens (tertiary/aromatic N) is 3. The molecular formula is C22H23F2N3O2. The van der Waals surface area contributed by atoms with E-state index in [0.717, 1.165) is 22.9 Å². The molecule has 0 saturated carbocycles. The zero-order chi connectivity index (χ0) is 21.1. The Morgan fingerprint density at radius 3 is 2.45 bits per heavy atom. The number of hydrogen-bond donors (Lipinski definition) is 0. The van der Waals surface area contributed by atoms with Crippen LogP contribution in [0.15, 0.2) is 42.5 Å². The van der Waals surface area contributed by atoms with E-state index in [9.17, 15) is 13.6 Å². The Morgan fingerprint density at radius 2 is 1.83 bits per heavy atom. The highest BCUT2D eigenvalue weighted by Crippen LogP contribution is 2.22. The molecule has 0 saturated heterocycles. The maximum Gasteiger partial charge on any atom is 0.227 e. The normalized spacial score (nSPS) is 10.8. The second-order valence-electron chi connectivity index (χ2n) is 6.93. The number of ether oxygens (including phenoxy) is 1. The average Bonchev–Trinajstić information content (AvgIpc) is 2.96. The molecule has 29 heavy (non-hydrogen) atoms. The molecule has 3 aromatic rings. The molecule has 0 fully saturated rings. The van der Waals surface area contributed by atoms with Crippen molar-refractivity contribution >= 4 is 5.91 Å². The molecule has 5 nitrogen and oxygen atoms in total. The second-order valence-corrected chi connectivity index (χ2v) is 6.93. The van der Waals surface area contributed by atoms with Gasteiger partial charge in [-0.15, -0.1) is 0 Å². The van der Waals surface area contributed by atoms with E-state index in [1.54, 1.807) is 32.9 Å². The molecule has 1 aromatic heterocycles. The Balaban J connectivity index is 1.77. The molecule has 0 N–H and O–H groups in total. The Bertz CT molecular complexity index is 1030. The van der Waals surface area contributed by atoms with Crippen molar-refractivity contribution < 1.29 is 18.3 Å². The monoisotopic (exact) mass is 399 g/mol. The summed E-state index contributed by atoms with van der Waals surface area (Å²) in [7, 11) is 3.34. The Kier molecular flexibility index (Phi) is 5.96. The first-order chi connectivity index (χ1) is 13.8. The van der Waals surface area contributed by atoms with Crippen molar-refractivity contribution in [2.45, 2.75) is 26.8 Å². The van der Waals surface area contributed by atoms with Crippen molar-refractivity contribution in [3.8, 4) is 11.4 Å². The van der Waals surface area contributed by atoms with Crippen LogP contribution in [0, 0.1) is 25.5 Å². The van der Waals surface area contributed by atoms with Crippen molar-refractivity contribution in [1.29, 1.82) is 0 Å². The van der Waals surface area contributed by atoms with Crippen LogP contribution in [0.2, 0.25) is 0 Å². The molecule has 0 bridgehead atoms. The van der Waals surface area contributed by atoms with Gasteiger partial charge in [0, 0.05) is 30.9 Å². The molecule has 0 aliphatic carbocycles. The summed E-state index contributed by atoms with van der Waals surface area (Å²) < 4.78 is 33.9. The second kappa shape index (κ2) is 8.43. The lowest BCUT2D eigenvalue weighted by Crippen LogP contribution is -2.28. The largest absolute Gasteiger partial charge is 0.497 e. The molecule has 0 unspecified atom stereocenters. The van der Waals surface area contributed by atoms with Crippen molar-refractivity contribution in [3.05, 3.63) is 76.6 Å². The van der Waals surface area contributed by atoms with Crippen LogP contribution in [0.1, 0.15) is 22.5 Å². The molecule has 2 aromatic carbocycles. The zero-order valence-corrected chi connectivity index (χ0v) is 16.9. The van der Waals surface area contributed by atoms with Gasteiger partial charge in [-0.3, -0.25) is 4.79 Å². The van der Waals surface area contributed by atoms with Gasteiger partial charge in [0.05, 0.1) is 19.2 Å². The summed E-state index contributed by atoms with van der Waals surface area (Å²) in [4.78, 5) is 14.4. The summed E-state index contributed by atoms with van der Waals surface area (Å²) in [6.45, 7) is 4.01. The summed E-state index contributed by atoms with van der Waals surface area (Å²) in [5, 5.41) is 4.36. The van der Waals surface area contributed by atoms with Crippen molar-refractivity contribution in [3.63, 3.8) is 0 Å². The van der Waals surface area contributed by atoms with Crippen molar-refractivity contribution in [2.24, 2.45) is 0 Å². The van der Waals surface area contributed by atoms with E-state index >= 15 is 0 Å². The molecule has 7 heteroatoms. The van der Waals surface area contributed by atoms with Gasteiger partial charge in [0.15, 0.2) is 5.82 Å². The van der Waals surface area contributed by atoms with Gasteiger partial charge in [0.25, 0.3) is 0 Å². The van der Waals surface area contributed by atoms with Gasteiger partial charge in [-0.2, -0.15) is 5.10 Å². The fourth-order valence-electron chi connectivity index (χ4n) is 3.20. The van der Waals surface area contributed by atoms with Crippen LogP contribution in [0.25, 0.3) is 5.69 Å². The maximum absolute atomic E-state index is 14.2. The Hall–Kier alpha value is -3.22. The number of hydrogen-bond acceptors (Lipinski definition) is 3. The zero-order valence-electron chi connectivity index (χ0n) is 16.9. The number of carbonyl (C=O) groups is 1. The smallest absolute Gasteiger partial charge is 0.227 e. The maximum atomic E-state index is 14.2. The molecule has 1 heterocycles. The highest BCUT2D eigenvalue weighted by Gasteiger charge is 2.20. The predicted molar refractivity (Wildman–Crippen MR) is 106 cm³/mol. The number of benzene rings is 2. The van der Waals surface area contributed by atoms with Gasteiger partial charge in [0.1, 0.15) is 17.3 Å². The highest BCUT2D eigenvalue weighted by atomic mass is 19.1. The average molecular weight is 399 g/mol. The van der Waals surface area contributed by atoms with E-state index in [1.165, 1.54) is 16.8 Å². The fourth-order valence-corrected chi connectivity index (χ4v) is 3.20. The molecular weight excluding hydrogens is 376 g/mol. The summed E-state index contributed by atoms with van der Waals surface area (Å²) in [6, 6.07) is 10.9. The summed E-state index contributed by atoms with van der Waals surface area (Å²) in [5.41, 5.74) is 3.16. The third-order valence-corrected chi connectivity index (χ3v) is 4.91. The van der Waals surface area contributed by atoms with Crippen LogP contribution in [0.3, 0.4) is 0 Å². The van der Waals surface area contributed by atoms with Crippen molar-refractivity contribution in [1.82, 2.24) is 14.7 Å². The molecule has 3 rings (SSSR count). The van der Waals surface area contributed by atoms with Gasteiger partial charge >= 0.3 is 0 Å². The quantitative estimate of drug-likeness (QED) is 0.630. The van der Waals surface area contributed by atoms with Crippen molar-refractivity contribution in [2.75, 3.05) is 14.2 Å². The third-order valence-electron chi connectivity index (χ3n) is 4.91. The van der Waals surface area contributed by atoms with E-state index in [0.29, 0.717) is 17.9 Å². The van der Waals surface area contributed by atoms with Gasteiger partial charge in [0.2, 0.25) is 5.91 Å². The molecule has 0 aliphatic rings. The van der Waals surface area contributed by atoms with Gasteiger partial charge < -0.3 is 9.64 Å². The summed E-state index contributed by atoms with van der Waals surface area (Å²) in [5.74, 6) is -0.672. The third kappa shape index (κ3) is 4.45. The van der Waals surface area contributed by atoms with Gasteiger partial charge in [-0.05, 0) is 43.7 Å². The van der Waals surface area contributed by atoms with Gasteiger partial charge in [-0.1, -0.05) is 12.1 Å². The Morgan fingerprint density at radius 1 is 1.14 bits per heavy atom. The SMILES string of the molecule is COc1ccc(CN(C)C(=O)Cc2c(C)nn(-c3ccc(F)cc3F)c2C)cc1. The number of rotatable bonds is 6. The van der Waals surface area contributed by atoms with E-state index in [-0.39, 0.29) is 18.0 Å². The lowest BCUT2D eigenvalue weighted by molar-refractivity contribution is -0.129. The predicted octanol–water partition coefficient (Wildman–Crippen LogP) is 3.98. The van der Waals surface area contributed by atoms with E-state index in [4.69, 9.17) is 4.74 Å². The molecule has 152 valence electrons. The lowest BCUT2D eigenvalue weighted by atomic mass is 10.1. The molecule has 0 radical (unpaired) electrons. The number of likely N-dealkylation sites (N-methyl/N-ethyl adjacent to an activating group) is 1. The first-order valence-electron chi connectivity index (χ1n) is 9.17.